The Morgan fingerprint density at radius 1 is 1.08 bits per heavy atom. The summed E-state index contributed by atoms with van der Waals surface area (Å²) < 4.78 is 7.93. The summed E-state index contributed by atoms with van der Waals surface area (Å²) in [6.45, 7) is 10.8. The third-order valence-electron chi connectivity index (χ3n) is 6.02. The summed E-state index contributed by atoms with van der Waals surface area (Å²) in [4.78, 5) is 13.6. The SMILES string of the molecule is C=CCn1c(COc2ccc(CC)cc2)nnc1SC(C(=O)Nc1cc(C)ccc1C)c1ccccc1. The van der Waals surface area contributed by atoms with Crippen molar-refractivity contribution in [1.29, 1.82) is 0 Å². The number of allylic oxidation sites excluding steroid dienone is 1. The van der Waals surface area contributed by atoms with Gasteiger partial charge >= 0.3 is 0 Å². The summed E-state index contributed by atoms with van der Waals surface area (Å²) in [6, 6.07) is 23.8. The molecule has 7 heteroatoms. The molecule has 0 aliphatic heterocycles. The van der Waals surface area contributed by atoms with Gasteiger partial charge in [-0.2, -0.15) is 0 Å². The quantitative estimate of drug-likeness (QED) is 0.179. The maximum Gasteiger partial charge on any atom is 0.242 e. The van der Waals surface area contributed by atoms with Gasteiger partial charge in [0.2, 0.25) is 5.91 Å². The highest BCUT2D eigenvalue weighted by Crippen LogP contribution is 2.36. The molecule has 3 aromatic carbocycles. The van der Waals surface area contributed by atoms with Crippen LogP contribution in [-0.2, 0) is 24.4 Å². The number of anilines is 1. The van der Waals surface area contributed by atoms with Crippen molar-refractivity contribution in [2.24, 2.45) is 0 Å². The van der Waals surface area contributed by atoms with E-state index in [0.29, 0.717) is 17.5 Å². The van der Waals surface area contributed by atoms with E-state index in [0.717, 1.165) is 34.5 Å². The highest BCUT2D eigenvalue weighted by atomic mass is 32.2. The van der Waals surface area contributed by atoms with Gasteiger partial charge in [0.25, 0.3) is 0 Å². The second-order valence-corrected chi connectivity index (χ2v) is 9.87. The molecule has 0 saturated carbocycles. The second-order valence-electron chi connectivity index (χ2n) is 8.80. The molecule has 0 saturated heterocycles. The normalized spacial score (nSPS) is 11.6. The summed E-state index contributed by atoms with van der Waals surface area (Å²) in [6.07, 6.45) is 2.77. The third-order valence-corrected chi connectivity index (χ3v) is 7.25. The van der Waals surface area contributed by atoms with Crippen LogP contribution in [0.5, 0.6) is 5.75 Å². The lowest BCUT2D eigenvalue weighted by Gasteiger charge is -2.18. The van der Waals surface area contributed by atoms with Gasteiger partial charge in [0.1, 0.15) is 17.6 Å². The third kappa shape index (κ3) is 6.68. The molecule has 1 heterocycles. The molecule has 4 aromatic rings. The van der Waals surface area contributed by atoms with Crippen molar-refractivity contribution in [3.8, 4) is 5.75 Å². The average molecular weight is 513 g/mol. The monoisotopic (exact) mass is 512 g/mol. The fraction of sp³-hybridized carbons (Fsp3) is 0.233. The van der Waals surface area contributed by atoms with Gasteiger partial charge in [0, 0.05) is 12.2 Å². The molecule has 0 fully saturated rings. The molecular weight excluding hydrogens is 480 g/mol. The van der Waals surface area contributed by atoms with Crippen molar-refractivity contribution in [2.75, 3.05) is 5.32 Å². The lowest BCUT2D eigenvalue weighted by atomic mass is 10.1. The Kier molecular flexibility index (Phi) is 8.80. The summed E-state index contributed by atoms with van der Waals surface area (Å²) in [5.74, 6) is 1.32. The predicted octanol–water partition coefficient (Wildman–Crippen LogP) is 6.69. The lowest BCUT2D eigenvalue weighted by Crippen LogP contribution is -2.20. The Morgan fingerprint density at radius 3 is 2.54 bits per heavy atom. The zero-order valence-electron chi connectivity index (χ0n) is 21.5. The van der Waals surface area contributed by atoms with E-state index in [1.165, 1.54) is 17.3 Å². The highest BCUT2D eigenvalue weighted by Gasteiger charge is 2.26. The molecule has 0 bridgehead atoms. The Morgan fingerprint density at radius 2 is 1.84 bits per heavy atom. The minimum Gasteiger partial charge on any atom is -0.486 e. The Balaban J connectivity index is 1.58. The van der Waals surface area contributed by atoms with E-state index in [2.05, 4.69) is 41.1 Å². The Hall–Kier alpha value is -3.84. The van der Waals surface area contributed by atoms with E-state index < -0.39 is 5.25 Å². The molecule has 1 atom stereocenters. The Labute approximate surface area is 222 Å². The minimum absolute atomic E-state index is 0.119. The number of benzene rings is 3. The molecule has 0 spiro atoms. The number of carbonyl (C=O) groups excluding carboxylic acids is 1. The van der Waals surface area contributed by atoms with Crippen molar-refractivity contribution >= 4 is 23.4 Å². The van der Waals surface area contributed by atoms with Gasteiger partial charge < -0.3 is 10.1 Å². The van der Waals surface area contributed by atoms with Crippen LogP contribution in [0.1, 0.15) is 40.3 Å². The summed E-state index contributed by atoms with van der Waals surface area (Å²) in [7, 11) is 0. The van der Waals surface area contributed by atoms with Crippen LogP contribution < -0.4 is 10.1 Å². The molecule has 190 valence electrons. The first kappa shape index (κ1) is 26.2. The maximum absolute atomic E-state index is 13.6. The molecule has 1 amide bonds. The van der Waals surface area contributed by atoms with Gasteiger partial charge in [0.15, 0.2) is 11.0 Å². The van der Waals surface area contributed by atoms with Crippen LogP contribution in [0.15, 0.2) is 90.6 Å². The maximum atomic E-state index is 13.6. The van der Waals surface area contributed by atoms with Crippen LogP contribution >= 0.6 is 11.8 Å². The van der Waals surface area contributed by atoms with E-state index in [4.69, 9.17) is 4.74 Å². The molecule has 6 nitrogen and oxygen atoms in total. The predicted molar refractivity (Wildman–Crippen MR) is 150 cm³/mol. The number of amides is 1. The highest BCUT2D eigenvalue weighted by molar-refractivity contribution is 8.00. The smallest absolute Gasteiger partial charge is 0.242 e. The number of aromatic nitrogens is 3. The van der Waals surface area contributed by atoms with Gasteiger partial charge in [-0.1, -0.05) is 79.4 Å². The number of aryl methyl sites for hydroxylation is 3. The van der Waals surface area contributed by atoms with Crippen molar-refractivity contribution in [3.63, 3.8) is 0 Å². The Bertz CT molecular complexity index is 1350. The van der Waals surface area contributed by atoms with Crippen molar-refractivity contribution < 1.29 is 9.53 Å². The first-order chi connectivity index (χ1) is 18.0. The van der Waals surface area contributed by atoms with Crippen LogP contribution in [0.3, 0.4) is 0 Å². The van der Waals surface area contributed by atoms with E-state index in [1.807, 2.05) is 79.1 Å². The first-order valence-electron chi connectivity index (χ1n) is 12.3. The van der Waals surface area contributed by atoms with Crippen LogP contribution in [0.4, 0.5) is 5.69 Å². The topological polar surface area (TPSA) is 69.0 Å². The zero-order valence-corrected chi connectivity index (χ0v) is 22.3. The van der Waals surface area contributed by atoms with Crippen molar-refractivity contribution in [3.05, 3.63) is 114 Å². The number of rotatable bonds is 11. The van der Waals surface area contributed by atoms with Crippen LogP contribution in [0, 0.1) is 13.8 Å². The van der Waals surface area contributed by atoms with E-state index in [1.54, 1.807) is 6.08 Å². The summed E-state index contributed by atoms with van der Waals surface area (Å²) in [5.41, 5.74) is 5.05. The summed E-state index contributed by atoms with van der Waals surface area (Å²) in [5, 5.41) is 12.0. The van der Waals surface area contributed by atoms with E-state index in [-0.39, 0.29) is 12.5 Å². The fourth-order valence-electron chi connectivity index (χ4n) is 3.87. The van der Waals surface area contributed by atoms with Crippen molar-refractivity contribution in [2.45, 2.75) is 50.8 Å². The number of carbonyl (C=O) groups is 1. The first-order valence-corrected chi connectivity index (χ1v) is 13.2. The van der Waals surface area contributed by atoms with Crippen LogP contribution in [-0.4, -0.2) is 20.7 Å². The number of ether oxygens (including phenoxy) is 1. The average Bonchev–Trinajstić information content (AvgIpc) is 3.30. The van der Waals surface area contributed by atoms with Gasteiger partial charge in [-0.15, -0.1) is 16.8 Å². The van der Waals surface area contributed by atoms with Crippen LogP contribution in [0.2, 0.25) is 0 Å². The van der Waals surface area contributed by atoms with Gasteiger partial charge in [-0.3, -0.25) is 9.36 Å². The second kappa shape index (κ2) is 12.4. The molecule has 0 radical (unpaired) electrons. The number of hydrogen-bond acceptors (Lipinski definition) is 5. The number of nitrogens with one attached hydrogen (secondary N) is 1. The summed E-state index contributed by atoms with van der Waals surface area (Å²) >= 11 is 1.37. The molecule has 0 aliphatic carbocycles. The molecule has 37 heavy (non-hydrogen) atoms. The number of hydrogen-bond donors (Lipinski definition) is 1. The molecule has 0 aliphatic rings. The van der Waals surface area contributed by atoms with E-state index >= 15 is 0 Å². The largest absolute Gasteiger partial charge is 0.486 e. The molecule has 1 N–H and O–H groups in total. The molecule has 4 rings (SSSR count). The standard InChI is InChI=1S/C30H32N4O2S/c1-5-18-34-27(20-36-25-16-14-23(6-2)15-17-25)32-33-30(34)37-28(24-10-8-7-9-11-24)29(35)31-26-19-21(3)12-13-22(26)4/h5,7-17,19,28H,1,6,18,20H2,2-4H3,(H,31,35). The molecule has 1 unspecified atom stereocenters. The number of thioether (sulfide) groups is 1. The van der Waals surface area contributed by atoms with Gasteiger partial charge in [0.05, 0.1) is 0 Å². The number of nitrogens with zero attached hydrogens (tertiary/aromatic N) is 3. The van der Waals surface area contributed by atoms with Gasteiger partial charge in [-0.05, 0) is 60.7 Å². The van der Waals surface area contributed by atoms with Crippen molar-refractivity contribution in [1.82, 2.24) is 14.8 Å². The molecular formula is C30H32N4O2S. The molecule has 1 aromatic heterocycles. The zero-order chi connectivity index (χ0) is 26.2. The fourth-order valence-corrected chi connectivity index (χ4v) is 4.93. The van der Waals surface area contributed by atoms with Gasteiger partial charge in [-0.25, -0.2) is 0 Å². The lowest BCUT2D eigenvalue weighted by molar-refractivity contribution is -0.115. The van der Waals surface area contributed by atoms with E-state index in [9.17, 15) is 4.79 Å². The van der Waals surface area contributed by atoms with Crippen LogP contribution in [0.25, 0.3) is 0 Å². The minimum atomic E-state index is -0.524.